The van der Waals surface area contributed by atoms with Gasteiger partial charge in [0.15, 0.2) is 0 Å². The molecule has 1 aliphatic heterocycles. The van der Waals surface area contributed by atoms with E-state index in [9.17, 15) is 4.79 Å². The predicted octanol–water partition coefficient (Wildman–Crippen LogP) is 5.49. The van der Waals surface area contributed by atoms with Crippen molar-refractivity contribution >= 4 is 12.0 Å². The average molecular weight is 366 g/mol. The molecule has 2 aromatic carbocycles. The van der Waals surface area contributed by atoms with Crippen molar-refractivity contribution in [3.63, 3.8) is 0 Å². The van der Waals surface area contributed by atoms with E-state index in [4.69, 9.17) is 4.74 Å². The Morgan fingerprint density at radius 2 is 1.59 bits per heavy atom. The molecule has 144 valence electrons. The molecular formula is C24H31NO2. The van der Waals surface area contributed by atoms with Crippen molar-refractivity contribution < 1.29 is 9.53 Å². The molecule has 0 N–H and O–H groups in total. The number of rotatable bonds is 3. The molecule has 0 spiro atoms. The maximum atomic E-state index is 11.2. The highest BCUT2D eigenvalue weighted by molar-refractivity contribution is 5.79. The summed E-state index contributed by atoms with van der Waals surface area (Å²) in [5.74, 6) is 0.856. The summed E-state index contributed by atoms with van der Waals surface area (Å²) < 4.78 is 5.79. The number of carbonyl (C=O) groups excluding carboxylic acids is 1. The van der Waals surface area contributed by atoms with E-state index in [2.05, 4.69) is 64.6 Å². The summed E-state index contributed by atoms with van der Waals surface area (Å²) >= 11 is 0. The first-order chi connectivity index (χ1) is 12.6. The van der Waals surface area contributed by atoms with Gasteiger partial charge in [0.05, 0.1) is 12.2 Å². The maximum Gasteiger partial charge on any atom is 0.150 e. The predicted molar refractivity (Wildman–Crippen MR) is 112 cm³/mol. The Kier molecular flexibility index (Phi) is 5.07. The molecule has 0 radical (unpaired) electrons. The number of ether oxygens (including phenoxy) is 1. The summed E-state index contributed by atoms with van der Waals surface area (Å²) in [4.78, 5) is 13.5. The second-order valence-corrected chi connectivity index (χ2v) is 9.53. The molecule has 0 aromatic heterocycles. The SMILES string of the molecule is CC(C)(C)c1cc(CN2CCOc3ccc(C=O)cc32)cc(C(C)(C)C)c1. The third kappa shape index (κ3) is 4.35. The number of benzene rings is 2. The molecule has 27 heavy (non-hydrogen) atoms. The van der Waals surface area contributed by atoms with E-state index in [0.717, 1.165) is 30.8 Å². The first-order valence-electron chi connectivity index (χ1n) is 9.70. The van der Waals surface area contributed by atoms with Crippen LogP contribution in [0.2, 0.25) is 0 Å². The zero-order valence-electron chi connectivity index (χ0n) is 17.4. The molecule has 0 bridgehead atoms. The normalized spacial score (nSPS) is 14.5. The molecule has 3 nitrogen and oxygen atoms in total. The van der Waals surface area contributed by atoms with Crippen molar-refractivity contribution in [3.8, 4) is 5.75 Å². The molecule has 2 aromatic rings. The van der Waals surface area contributed by atoms with Crippen LogP contribution in [0.4, 0.5) is 5.69 Å². The van der Waals surface area contributed by atoms with Crippen molar-refractivity contribution in [1.82, 2.24) is 0 Å². The number of nitrogens with zero attached hydrogens (tertiary/aromatic N) is 1. The number of hydrogen-bond donors (Lipinski definition) is 0. The van der Waals surface area contributed by atoms with Crippen LogP contribution in [0.15, 0.2) is 36.4 Å². The highest BCUT2D eigenvalue weighted by Gasteiger charge is 2.23. The number of aldehydes is 1. The van der Waals surface area contributed by atoms with Gasteiger partial charge in [-0.3, -0.25) is 4.79 Å². The second-order valence-electron chi connectivity index (χ2n) is 9.53. The van der Waals surface area contributed by atoms with E-state index < -0.39 is 0 Å². The van der Waals surface area contributed by atoms with E-state index in [1.165, 1.54) is 16.7 Å². The minimum atomic E-state index is 0.101. The Bertz CT molecular complexity index is 808. The van der Waals surface area contributed by atoms with Crippen LogP contribution in [0.1, 0.15) is 68.6 Å². The van der Waals surface area contributed by atoms with E-state index in [-0.39, 0.29) is 10.8 Å². The van der Waals surface area contributed by atoms with Crippen LogP contribution in [-0.2, 0) is 17.4 Å². The van der Waals surface area contributed by atoms with Crippen LogP contribution in [-0.4, -0.2) is 19.4 Å². The molecule has 0 unspecified atom stereocenters. The van der Waals surface area contributed by atoms with Gasteiger partial charge in [0.1, 0.15) is 18.6 Å². The molecule has 0 aliphatic carbocycles. The van der Waals surface area contributed by atoms with Crippen molar-refractivity contribution in [2.45, 2.75) is 58.9 Å². The Morgan fingerprint density at radius 3 is 2.15 bits per heavy atom. The number of carbonyl (C=O) groups is 1. The average Bonchev–Trinajstić information content (AvgIpc) is 2.60. The fourth-order valence-corrected chi connectivity index (χ4v) is 3.40. The van der Waals surface area contributed by atoms with E-state index in [1.807, 2.05) is 18.2 Å². The zero-order valence-corrected chi connectivity index (χ0v) is 17.4. The van der Waals surface area contributed by atoms with Gasteiger partial charge >= 0.3 is 0 Å². The van der Waals surface area contributed by atoms with Crippen LogP contribution < -0.4 is 9.64 Å². The van der Waals surface area contributed by atoms with Gasteiger partial charge in [0.25, 0.3) is 0 Å². The van der Waals surface area contributed by atoms with Crippen LogP contribution in [0, 0.1) is 0 Å². The van der Waals surface area contributed by atoms with Crippen molar-refractivity contribution in [1.29, 1.82) is 0 Å². The largest absolute Gasteiger partial charge is 0.490 e. The molecule has 0 saturated carbocycles. The zero-order chi connectivity index (χ0) is 19.8. The third-order valence-corrected chi connectivity index (χ3v) is 5.18. The standard InChI is InChI=1S/C24H31NO2/c1-23(2,3)19-11-18(12-20(14-19)24(4,5)6)15-25-9-10-27-22-8-7-17(16-26)13-21(22)25/h7-8,11-14,16H,9-10,15H2,1-6H3. The summed E-state index contributed by atoms with van der Waals surface area (Å²) in [5, 5.41) is 0. The minimum Gasteiger partial charge on any atom is -0.490 e. The Hall–Kier alpha value is -2.29. The van der Waals surface area contributed by atoms with Gasteiger partial charge in [-0.2, -0.15) is 0 Å². The van der Waals surface area contributed by atoms with Crippen molar-refractivity contribution in [3.05, 3.63) is 58.7 Å². The lowest BCUT2D eigenvalue weighted by molar-refractivity contribution is 0.112. The van der Waals surface area contributed by atoms with Gasteiger partial charge in [-0.1, -0.05) is 59.7 Å². The summed E-state index contributed by atoms with van der Waals surface area (Å²) in [7, 11) is 0. The van der Waals surface area contributed by atoms with Gasteiger partial charge < -0.3 is 9.64 Å². The molecule has 1 aliphatic rings. The van der Waals surface area contributed by atoms with Gasteiger partial charge in [-0.05, 0) is 45.7 Å². The highest BCUT2D eigenvalue weighted by atomic mass is 16.5. The summed E-state index contributed by atoms with van der Waals surface area (Å²) in [6.45, 7) is 15.9. The minimum absolute atomic E-state index is 0.101. The summed E-state index contributed by atoms with van der Waals surface area (Å²) in [6, 6.07) is 12.6. The Balaban J connectivity index is 2.00. The van der Waals surface area contributed by atoms with Crippen LogP contribution >= 0.6 is 0 Å². The topological polar surface area (TPSA) is 29.5 Å². The maximum absolute atomic E-state index is 11.2. The number of hydrogen-bond acceptors (Lipinski definition) is 3. The molecule has 0 amide bonds. The highest BCUT2D eigenvalue weighted by Crippen LogP contribution is 2.35. The first-order valence-corrected chi connectivity index (χ1v) is 9.70. The van der Waals surface area contributed by atoms with E-state index in [1.54, 1.807) is 0 Å². The summed E-state index contributed by atoms with van der Waals surface area (Å²) in [6.07, 6.45) is 0.894. The number of anilines is 1. The fourth-order valence-electron chi connectivity index (χ4n) is 3.40. The second kappa shape index (κ2) is 7.03. The quantitative estimate of drug-likeness (QED) is 0.673. The van der Waals surface area contributed by atoms with Gasteiger partial charge in [0, 0.05) is 12.1 Å². The lowest BCUT2D eigenvalue weighted by atomic mass is 9.79. The van der Waals surface area contributed by atoms with Crippen LogP contribution in [0.5, 0.6) is 5.75 Å². The van der Waals surface area contributed by atoms with Crippen molar-refractivity contribution in [2.24, 2.45) is 0 Å². The van der Waals surface area contributed by atoms with Gasteiger partial charge in [-0.25, -0.2) is 0 Å². The van der Waals surface area contributed by atoms with Crippen LogP contribution in [0.3, 0.4) is 0 Å². The lowest BCUT2D eigenvalue weighted by Gasteiger charge is -2.33. The summed E-state index contributed by atoms with van der Waals surface area (Å²) in [5.41, 5.74) is 5.91. The molecule has 1 heterocycles. The molecule has 0 saturated heterocycles. The van der Waals surface area contributed by atoms with E-state index >= 15 is 0 Å². The van der Waals surface area contributed by atoms with Gasteiger partial charge in [-0.15, -0.1) is 0 Å². The first kappa shape index (κ1) is 19.5. The Morgan fingerprint density at radius 1 is 0.963 bits per heavy atom. The third-order valence-electron chi connectivity index (χ3n) is 5.18. The molecule has 0 fully saturated rings. The number of fused-ring (bicyclic) bond motifs is 1. The molecule has 3 heteroatoms. The van der Waals surface area contributed by atoms with Gasteiger partial charge in [0.2, 0.25) is 0 Å². The van der Waals surface area contributed by atoms with Crippen molar-refractivity contribution in [2.75, 3.05) is 18.1 Å². The monoisotopic (exact) mass is 365 g/mol. The fraction of sp³-hybridized carbons (Fsp3) is 0.458. The van der Waals surface area contributed by atoms with Crippen LogP contribution in [0.25, 0.3) is 0 Å². The smallest absolute Gasteiger partial charge is 0.150 e. The molecule has 3 rings (SSSR count). The molecular weight excluding hydrogens is 334 g/mol. The van der Waals surface area contributed by atoms with E-state index in [0.29, 0.717) is 12.2 Å². The lowest BCUT2D eigenvalue weighted by Crippen LogP contribution is -2.32. The Labute approximate surface area is 163 Å². The molecule has 0 atom stereocenters.